The van der Waals surface area contributed by atoms with Gasteiger partial charge in [-0.15, -0.1) is 0 Å². The Hall–Kier alpha value is -3.03. The number of fused-ring (bicyclic) bond motifs is 1. The van der Waals surface area contributed by atoms with Crippen LogP contribution < -0.4 is 4.74 Å². The molecule has 0 N–H and O–H groups in total. The summed E-state index contributed by atoms with van der Waals surface area (Å²) in [5.41, 5.74) is 1.38. The Morgan fingerprint density at radius 1 is 1.27 bits per heavy atom. The van der Waals surface area contributed by atoms with Gasteiger partial charge in [0.25, 0.3) is 6.43 Å². The summed E-state index contributed by atoms with van der Waals surface area (Å²) in [5, 5.41) is 4.43. The van der Waals surface area contributed by atoms with Gasteiger partial charge in [-0.1, -0.05) is 12.1 Å². The van der Waals surface area contributed by atoms with Gasteiger partial charge in [-0.05, 0) is 25.1 Å². The Bertz CT molecular complexity index is 970. The molecule has 0 aliphatic carbocycles. The quantitative estimate of drug-likeness (QED) is 0.651. The first-order valence-corrected chi connectivity index (χ1v) is 7.82. The number of esters is 1. The largest absolute Gasteiger partial charge is 0.497 e. The second kappa shape index (κ2) is 7.07. The van der Waals surface area contributed by atoms with E-state index in [1.807, 2.05) is 0 Å². The smallest absolute Gasteiger partial charge is 0.327 e. The second-order valence-electron chi connectivity index (χ2n) is 5.65. The number of rotatable bonds is 5. The van der Waals surface area contributed by atoms with Crippen molar-refractivity contribution in [2.24, 2.45) is 0 Å². The number of benzene rings is 1. The number of hydrogen-bond acceptors (Lipinski definition) is 5. The monoisotopic (exact) mass is 361 g/mol. The minimum absolute atomic E-state index is 0.179. The fraction of sp³-hybridized carbons (Fsp3) is 0.278. The zero-order valence-corrected chi connectivity index (χ0v) is 14.5. The molecule has 3 aromatic rings. The third kappa shape index (κ3) is 3.22. The molecule has 0 spiro atoms. The third-order valence-corrected chi connectivity index (χ3v) is 4.01. The number of aryl methyl sites for hydroxylation is 1. The van der Waals surface area contributed by atoms with Gasteiger partial charge in [-0.3, -0.25) is 4.79 Å². The molecule has 1 aromatic carbocycles. The number of pyridine rings is 1. The maximum absolute atomic E-state index is 13.7. The van der Waals surface area contributed by atoms with E-state index in [1.54, 1.807) is 31.2 Å². The van der Waals surface area contributed by atoms with Crippen LogP contribution in [0.25, 0.3) is 22.3 Å². The number of carbonyl (C=O) groups is 1. The first-order valence-electron chi connectivity index (χ1n) is 7.82. The molecular formula is C18H17F2N3O3. The maximum atomic E-state index is 13.7. The lowest BCUT2D eigenvalue weighted by molar-refractivity contribution is -0.141. The van der Waals surface area contributed by atoms with Gasteiger partial charge in [0.1, 0.15) is 12.3 Å². The summed E-state index contributed by atoms with van der Waals surface area (Å²) in [5.74, 6) is 0.0452. The Kier molecular flexibility index (Phi) is 4.83. The van der Waals surface area contributed by atoms with Crippen LogP contribution in [0.4, 0.5) is 8.78 Å². The van der Waals surface area contributed by atoms with E-state index in [0.29, 0.717) is 22.7 Å². The standard InChI is InChI=1S/C18H17F2N3O3/c1-10-16-13(17(19)20)8-14(11-5-4-6-12(7-11)25-2)21-18(16)23(22-10)9-15(24)26-3/h4-8,17H,9H2,1-3H3. The van der Waals surface area contributed by atoms with Crippen molar-refractivity contribution in [3.8, 4) is 17.0 Å². The number of halogens is 2. The highest BCUT2D eigenvalue weighted by molar-refractivity contribution is 5.86. The van der Waals surface area contributed by atoms with Gasteiger partial charge in [0.05, 0.1) is 31.0 Å². The molecule has 0 saturated heterocycles. The van der Waals surface area contributed by atoms with Gasteiger partial charge in [0.15, 0.2) is 5.65 Å². The van der Waals surface area contributed by atoms with Crippen molar-refractivity contribution in [3.05, 3.63) is 41.6 Å². The van der Waals surface area contributed by atoms with Crippen LogP contribution in [0.3, 0.4) is 0 Å². The summed E-state index contributed by atoms with van der Waals surface area (Å²) in [6.45, 7) is 1.40. The van der Waals surface area contributed by atoms with Crippen LogP contribution in [-0.2, 0) is 16.1 Å². The molecule has 6 nitrogen and oxygen atoms in total. The van der Waals surface area contributed by atoms with Crippen LogP contribution in [0.1, 0.15) is 17.7 Å². The summed E-state index contributed by atoms with van der Waals surface area (Å²) in [4.78, 5) is 16.1. The Labute approximate surface area is 148 Å². The molecule has 0 aliphatic heterocycles. The normalized spacial score (nSPS) is 11.2. The Balaban J connectivity index is 2.24. The first kappa shape index (κ1) is 17.8. The van der Waals surface area contributed by atoms with Gasteiger partial charge in [-0.25, -0.2) is 18.4 Å². The van der Waals surface area contributed by atoms with E-state index in [0.717, 1.165) is 0 Å². The van der Waals surface area contributed by atoms with Gasteiger partial charge < -0.3 is 9.47 Å². The van der Waals surface area contributed by atoms with Gasteiger partial charge in [0.2, 0.25) is 0 Å². The molecule has 2 heterocycles. The second-order valence-corrected chi connectivity index (χ2v) is 5.65. The number of carbonyl (C=O) groups excluding carboxylic acids is 1. The van der Waals surface area contributed by atoms with Crippen LogP contribution in [0.2, 0.25) is 0 Å². The lowest BCUT2D eigenvalue weighted by atomic mass is 10.1. The van der Waals surface area contributed by atoms with Crippen LogP contribution in [0.15, 0.2) is 30.3 Å². The molecule has 3 rings (SSSR count). The number of ether oxygens (including phenoxy) is 2. The fourth-order valence-electron chi connectivity index (χ4n) is 2.79. The summed E-state index contributed by atoms with van der Waals surface area (Å²) in [7, 11) is 2.77. The predicted octanol–water partition coefficient (Wildman–Crippen LogP) is 3.53. The highest BCUT2D eigenvalue weighted by Gasteiger charge is 2.22. The minimum atomic E-state index is -2.71. The lowest BCUT2D eigenvalue weighted by Crippen LogP contribution is -2.13. The number of nitrogens with zero attached hydrogens (tertiary/aromatic N) is 3. The summed E-state index contributed by atoms with van der Waals surface area (Å²) in [6.07, 6.45) is -2.71. The number of methoxy groups -OCH3 is 2. The first-order chi connectivity index (χ1) is 12.4. The summed E-state index contributed by atoms with van der Waals surface area (Å²) < 4.78 is 38.5. The molecule has 136 valence electrons. The van der Waals surface area contributed by atoms with Crippen molar-refractivity contribution in [1.29, 1.82) is 0 Å². The zero-order valence-electron chi connectivity index (χ0n) is 14.5. The molecule has 0 unspecified atom stereocenters. The molecule has 0 radical (unpaired) electrons. The maximum Gasteiger partial charge on any atom is 0.327 e. The van der Waals surface area contributed by atoms with Crippen molar-refractivity contribution in [2.75, 3.05) is 14.2 Å². The van der Waals surface area contributed by atoms with E-state index < -0.39 is 12.4 Å². The molecule has 8 heteroatoms. The summed E-state index contributed by atoms with van der Waals surface area (Å²) in [6, 6.07) is 8.30. The van der Waals surface area contributed by atoms with Gasteiger partial charge in [-0.2, -0.15) is 5.10 Å². The van der Waals surface area contributed by atoms with E-state index in [2.05, 4.69) is 14.8 Å². The molecular weight excluding hydrogens is 344 g/mol. The van der Waals surface area contributed by atoms with E-state index in [1.165, 1.54) is 25.0 Å². The lowest BCUT2D eigenvalue weighted by Gasteiger charge is -2.09. The van der Waals surface area contributed by atoms with E-state index in [4.69, 9.17) is 4.74 Å². The zero-order chi connectivity index (χ0) is 18.8. The average Bonchev–Trinajstić information content (AvgIpc) is 2.96. The fourth-order valence-corrected chi connectivity index (χ4v) is 2.79. The van der Waals surface area contributed by atoms with Crippen molar-refractivity contribution < 1.29 is 23.0 Å². The van der Waals surface area contributed by atoms with E-state index in [-0.39, 0.29) is 23.1 Å². The molecule has 0 fully saturated rings. The van der Waals surface area contributed by atoms with E-state index >= 15 is 0 Å². The molecule has 0 atom stereocenters. The minimum Gasteiger partial charge on any atom is -0.497 e. The third-order valence-electron chi connectivity index (χ3n) is 4.01. The van der Waals surface area contributed by atoms with E-state index in [9.17, 15) is 13.6 Å². The van der Waals surface area contributed by atoms with Crippen molar-refractivity contribution in [1.82, 2.24) is 14.8 Å². The number of hydrogen-bond donors (Lipinski definition) is 0. The van der Waals surface area contributed by atoms with Crippen LogP contribution in [-0.4, -0.2) is 35.0 Å². The SMILES string of the molecule is COC(=O)Cn1nc(C)c2c(C(F)F)cc(-c3cccc(OC)c3)nc21. The summed E-state index contributed by atoms with van der Waals surface area (Å²) >= 11 is 0. The predicted molar refractivity (Wildman–Crippen MR) is 91.2 cm³/mol. The Morgan fingerprint density at radius 3 is 2.69 bits per heavy atom. The highest BCUT2D eigenvalue weighted by Crippen LogP contribution is 2.33. The number of aromatic nitrogens is 3. The number of alkyl halides is 2. The molecule has 0 amide bonds. The van der Waals surface area contributed by atoms with Crippen LogP contribution in [0.5, 0.6) is 5.75 Å². The van der Waals surface area contributed by atoms with Gasteiger partial charge >= 0.3 is 5.97 Å². The Morgan fingerprint density at radius 2 is 2.04 bits per heavy atom. The molecule has 26 heavy (non-hydrogen) atoms. The van der Waals surface area contributed by atoms with Crippen LogP contribution in [0, 0.1) is 6.92 Å². The van der Waals surface area contributed by atoms with Crippen molar-refractivity contribution in [3.63, 3.8) is 0 Å². The molecule has 0 bridgehead atoms. The topological polar surface area (TPSA) is 66.2 Å². The molecule has 2 aromatic heterocycles. The highest BCUT2D eigenvalue weighted by atomic mass is 19.3. The van der Waals surface area contributed by atoms with Gasteiger partial charge in [0, 0.05) is 11.1 Å². The molecule has 0 aliphatic rings. The van der Waals surface area contributed by atoms with Crippen molar-refractivity contribution >= 4 is 17.0 Å². The van der Waals surface area contributed by atoms with Crippen molar-refractivity contribution in [2.45, 2.75) is 19.9 Å². The van der Waals surface area contributed by atoms with Crippen LogP contribution >= 0.6 is 0 Å². The molecule has 0 saturated carbocycles. The average molecular weight is 361 g/mol.